The number of aryl methyl sites for hydroxylation is 1. The minimum absolute atomic E-state index is 0.192. The van der Waals surface area contributed by atoms with Crippen molar-refractivity contribution in [2.75, 3.05) is 5.75 Å². The van der Waals surface area contributed by atoms with E-state index in [1.807, 2.05) is 6.07 Å². The van der Waals surface area contributed by atoms with Gasteiger partial charge in [0.2, 0.25) is 0 Å². The Labute approximate surface area is 124 Å². The summed E-state index contributed by atoms with van der Waals surface area (Å²) in [5.41, 5.74) is 1.27. The van der Waals surface area contributed by atoms with Gasteiger partial charge in [-0.15, -0.1) is 0 Å². The Kier molecular flexibility index (Phi) is 4.80. The van der Waals surface area contributed by atoms with Gasteiger partial charge in [-0.2, -0.15) is 0 Å². The zero-order chi connectivity index (χ0) is 15.3. The quantitative estimate of drug-likeness (QED) is 0.764. The van der Waals surface area contributed by atoms with E-state index in [-0.39, 0.29) is 6.42 Å². The van der Waals surface area contributed by atoms with Gasteiger partial charge in [0.05, 0.1) is 11.5 Å². The van der Waals surface area contributed by atoms with Crippen molar-refractivity contribution < 1.29 is 16.8 Å². The Hall–Kier alpha value is -1.66. The molecule has 0 atom stereocenters. The van der Waals surface area contributed by atoms with Crippen molar-refractivity contribution in [3.05, 3.63) is 71.8 Å². The fourth-order valence-corrected chi connectivity index (χ4v) is 5.36. The largest absolute Gasteiger partial charge is 0.257 e. The lowest BCUT2D eigenvalue weighted by Crippen LogP contribution is -2.21. The molecule has 0 radical (unpaired) electrons. The first kappa shape index (κ1) is 15.7. The number of benzene rings is 2. The molecule has 4 nitrogen and oxygen atoms in total. The molecule has 0 amide bonds. The van der Waals surface area contributed by atoms with Gasteiger partial charge in [0.1, 0.15) is 0 Å². The molecular weight excluding hydrogens is 308 g/mol. The Balaban J connectivity index is 2.11. The summed E-state index contributed by atoms with van der Waals surface area (Å²) in [7, 11) is -8.39. The van der Waals surface area contributed by atoms with Crippen molar-refractivity contribution >= 4 is 17.7 Å². The summed E-state index contributed by atoms with van der Waals surface area (Å²) in [5, 5.41) is 0. The van der Waals surface area contributed by atoms with Gasteiger partial charge in [-0.25, -0.2) is 16.8 Å². The highest BCUT2D eigenvalue weighted by Crippen LogP contribution is 2.14. The van der Waals surface area contributed by atoms with Crippen molar-refractivity contribution in [2.45, 2.75) is 12.2 Å². The molecule has 0 saturated carbocycles. The third-order valence-electron chi connectivity index (χ3n) is 3.06. The van der Waals surface area contributed by atoms with E-state index >= 15 is 0 Å². The molecule has 0 N–H and O–H groups in total. The first-order valence-electron chi connectivity index (χ1n) is 6.44. The van der Waals surface area contributed by atoms with Crippen LogP contribution in [0, 0.1) is 0 Å². The number of rotatable bonds is 6. The zero-order valence-corrected chi connectivity index (χ0v) is 13.0. The SMILES string of the molecule is O=S(=O)(CCc1ccccc1)S(=O)(=O)Cc1ccccc1. The van der Waals surface area contributed by atoms with E-state index in [1.54, 1.807) is 54.6 Å². The molecule has 21 heavy (non-hydrogen) atoms. The van der Waals surface area contributed by atoms with Gasteiger partial charge in [0.25, 0.3) is 17.7 Å². The van der Waals surface area contributed by atoms with Gasteiger partial charge in [-0.1, -0.05) is 60.7 Å². The highest BCUT2D eigenvalue weighted by Gasteiger charge is 2.29. The Morgan fingerprint density at radius 3 is 1.62 bits per heavy atom. The van der Waals surface area contributed by atoms with Crippen LogP contribution in [-0.2, 0) is 29.9 Å². The molecule has 0 aliphatic rings. The van der Waals surface area contributed by atoms with E-state index in [0.717, 1.165) is 5.56 Å². The van der Waals surface area contributed by atoms with E-state index in [1.165, 1.54) is 0 Å². The van der Waals surface area contributed by atoms with Crippen LogP contribution < -0.4 is 0 Å². The zero-order valence-electron chi connectivity index (χ0n) is 11.3. The fraction of sp³-hybridized carbons (Fsp3) is 0.200. The molecule has 0 bridgehead atoms. The maximum Gasteiger partial charge on any atom is 0.257 e. The summed E-state index contributed by atoms with van der Waals surface area (Å²) < 4.78 is 48.2. The molecular formula is C15H16O4S2. The molecule has 0 saturated heterocycles. The lowest BCUT2D eigenvalue weighted by Gasteiger charge is -2.06. The molecule has 0 aliphatic carbocycles. The van der Waals surface area contributed by atoms with E-state index in [4.69, 9.17) is 0 Å². The molecule has 0 unspecified atom stereocenters. The highest BCUT2D eigenvalue weighted by molar-refractivity contribution is 8.66. The van der Waals surface area contributed by atoms with E-state index < -0.39 is 29.2 Å². The molecule has 112 valence electrons. The van der Waals surface area contributed by atoms with Crippen molar-refractivity contribution in [2.24, 2.45) is 0 Å². The van der Waals surface area contributed by atoms with E-state index in [2.05, 4.69) is 0 Å². The Bertz CT molecular complexity index is 780. The van der Waals surface area contributed by atoms with Gasteiger partial charge in [-0.05, 0) is 17.5 Å². The molecule has 2 aromatic carbocycles. The smallest absolute Gasteiger partial charge is 0.213 e. The van der Waals surface area contributed by atoms with Gasteiger partial charge in [-0.3, -0.25) is 0 Å². The predicted molar refractivity (Wildman–Crippen MR) is 83.0 cm³/mol. The third-order valence-corrected chi connectivity index (χ3v) is 8.40. The second-order valence-corrected chi connectivity index (χ2v) is 10.7. The average Bonchev–Trinajstić information content (AvgIpc) is 2.47. The van der Waals surface area contributed by atoms with Crippen LogP contribution in [0.4, 0.5) is 0 Å². The maximum absolute atomic E-state index is 12.1. The second-order valence-electron chi connectivity index (χ2n) is 4.69. The maximum atomic E-state index is 12.1. The first-order chi connectivity index (χ1) is 9.91. The van der Waals surface area contributed by atoms with E-state index in [0.29, 0.717) is 5.56 Å². The highest BCUT2D eigenvalue weighted by atomic mass is 33.2. The summed E-state index contributed by atoms with van der Waals surface area (Å²) >= 11 is 0. The lowest BCUT2D eigenvalue weighted by atomic mass is 10.2. The van der Waals surface area contributed by atoms with Crippen molar-refractivity contribution in [3.8, 4) is 0 Å². The molecule has 0 aromatic heterocycles. The lowest BCUT2D eigenvalue weighted by molar-refractivity contribution is 0.581. The van der Waals surface area contributed by atoms with Crippen LogP contribution in [0.25, 0.3) is 0 Å². The molecule has 0 fully saturated rings. The normalized spacial score (nSPS) is 12.2. The van der Waals surface area contributed by atoms with Crippen molar-refractivity contribution in [3.63, 3.8) is 0 Å². The summed E-state index contributed by atoms with van der Waals surface area (Å²) in [6.07, 6.45) is 0.192. The molecule has 0 heterocycles. The van der Waals surface area contributed by atoms with Gasteiger partial charge in [0, 0.05) is 0 Å². The minimum Gasteiger partial charge on any atom is -0.213 e. The van der Waals surface area contributed by atoms with Crippen LogP contribution >= 0.6 is 0 Å². The van der Waals surface area contributed by atoms with E-state index in [9.17, 15) is 16.8 Å². The van der Waals surface area contributed by atoms with Gasteiger partial charge >= 0.3 is 0 Å². The molecule has 0 spiro atoms. The molecule has 2 rings (SSSR count). The first-order valence-corrected chi connectivity index (χ1v) is 10.3. The van der Waals surface area contributed by atoms with Crippen molar-refractivity contribution in [1.82, 2.24) is 0 Å². The van der Waals surface area contributed by atoms with Crippen LogP contribution in [-0.4, -0.2) is 22.6 Å². The van der Waals surface area contributed by atoms with Crippen LogP contribution in [0.3, 0.4) is 0 Å². The fourth-order valence-electron chi connectivity index (χ4n) is 1.88. The van der Waals surface area contributed by atoms with Crippen LogP contribution in [0.2, 0.25) is 0 Å². The monoisotopic (exact) mass is 324 g/mol. The third kappa shape index (κ3) is 4.15. The van der Waals surface area contributed by atoms with Crippen LogP contribution in [0.15, 0.2) is 60.7 Å². The summed E-state index contributed by atoms with van der Waals surface area (Å²) in [5.74, 6) is -0.878. The van der Waals surface area contributed by atoms with Crippen molar-refractivity contribution in [1.29, 1.82) is 0 Å². The standard InChI is InChI=1S/C15H16O4S2/c16-20(17,12-11-14-7-3-1-4-8-14)21(18,19)13-15-9-5-2-6-10-15/h1-10H,11-13H2. The summed E-state index contributed by atoms with van der Waals surface area (Å²) in [6.45, 7) is 0. The second kappa shape index (κ2) is 6.41. The Morgan fingerprint density at radius 2 is 1.10 bits per heavy atom. The molecule has 2 aromatic rings. The molecule has 0 aliphatic heterocycles. The summed E-state index contributed by atoms with van der Waals surface area (Å²) in [6, 6.07) is 17.3. The Morgan fingerprint density at radius 1 is 0.619 bits per heavy atom. The predicted octanol–water partition coefficient (Wildman–Crippen LogP) is 2.17. The number of hydrogen-bond donors (Lipinski definition) is 0. The molecule has 6 heteroatoms. The topological polar surface area (TPSA) is 68.3 Å². The number of hydrogen-bond acceptors (Lipinski definition) is 4. The average molecular weight is 324 g/mol. The van der Waals surface area contributed by atoms with Gasteiger partial charge in [0.15, 0.2) is 0 Å². The van der Waals surface area contributed by atoms with Crippen LogP contribution in [0.5, 0.6) is 0 Å². The van der Waals surface area contributed by atoms with Gasteiger partial charge < -0.3 is 0 Å². The van der Waals surface area contributed by atoms with Crippen LogP contribution in [0.1, 0.15) is 11.1 Å². The minimum atomic E-state index is -4.21. The summed E-state index contributed by atoms with van der Waals surface area (Å²) in [4.78, 5) is 0.